The van der Waals surface area contributed by atoms with Crippen LogP contribution in [0.2, 0.25) is 5.02 Å². The van der Waals surface area contributed by atoms with Gasteiger partial charge in [-0.1, -0.05) is 11.6 Å². The number of amides is 2. The van der Waals surface area contributed by atoms with E-state index in [2.05, 4.69) is 5.32 Å². The van der Waals surface area contributed by atoms with Crippen molar-refractivity contribution in [3.05, 3.63) is 29.3 Å². The van der Waals surface area contributed by atoms with Gasteiger partial charge >= 0.3 is 6.03 Å². The second-order valence-corrected chi connectivity index (χ2v) is 4.57. The highest BCUT2D eigenvalue weighted by Gasteiger charge is 2.16. The van der Waals surface area contributed by atoms with Crippen molar-refractivity contribution in [1.29, 1.82) is 5.26 Å². The SMILES string of the molecule is CC(C)N(CCC#N)C(=O)Nc1ccc(Cl)cc1. The minimum absolute atomic E-state index is 0.0469. The third-order valence-electron chi connectivity index (χ3n) is 2.44. The number of halogens is 1. The molecule has 18 heavy (non-hydrogen) atoms. The van der Waals surface area contributed by atoms with Gasteiger partial charge in [0.05, 0.1) is 12.5 Å². The summed E-state index contributed by atoms with van der Waals surface area (Å²) in [6.07, 6.45) is 0.326. The number of benzene rings is 1. The highest BCUT2D eigenvalue weighted by atomic mass is 35.5. The van der Waals surface area contributed by atoms with Gasteiger partial charge in [0.1, 0.15) is 0 Å². The summed E-state index contributed by atoms with van der Waals surface area (Å²) in [5, 5.41) is 12.0. The summed E-state index contributed by atoms with van der Waals surface area (Å²) >= 11 is 5.77. The van der Waals surface area contributed by atoms with Crippen molar-refractivity contribution in [3.63, 3.8) is 0 Å². The summed E-state index contributed by atoms with van der Waals surface area (Å²) in [6.45, 7) is 4.26. The predicted molar refractivity (Wildman–Crippen MR) is 72.5 cm³/mol. The van der Waals surface area contributed by atoms with E-state index >= 15 is 0 Å². The Morgan fingerprint density at radius 1 is 1.44 bits per heavy atom. The molecule has 0 unspecified atom stereocenters. The molecule has 1 aromatic carbocycles. The lowest BCUT2D eigenvalue weighted by molar-refractivity contribution is 0.198. The third-order valence-corrected chi connectivity index (χ3v) is 2.70. The number of hydrogen-bond donors (Lipinski definition) is 1. The number of nitrogens with one attached hydrogen (secondary N) is 1. The molecular formula is C13H16ClN3O. The molecule has 1 rings (SSSR count). The van der Waals surface area contributed by atoms with Gasteiger partial charge in [-0.25, -0.2) is 4.79 Å². The highest BCUT2D eigenvalue weighted by molar-refractivity contribution is 6.30. The number of urea groups is 1. The van der Waals surface area contributed by atoms with E-state index in [0.717, 1.165) is 0 Å². The minimum atomic E-state index is -0.206. The normalized spacial score (nSPS) is 9.94. The molecule has 0 aliphatic rings. The first-order valence-corrected chi connectivity index (χ1v) is 6.12. The van der Waals surface area contributed by atoms with Crippen LogP contribution in [0.3, 0.4) is 0 Å². The first-order chi connectivity index (χ1) is 8.54. The quantitative estimate of drug-likeness (QED) is 0.906. The van der Waals surface area contributed by atoms with Gasteiger partial charge in [-0.2, -0.15) is 5.26 Å². The minimum Gasteiger partial charge on any atom is -0.321 e. The average Bonchev–Trinajstić information content (AvgIpc) is 2.32. The Labute approximate surface area is 112 Å². The third kappa shape index (κ3) is 4.27. The molecule has 0 aromatic heterocycles. The van der Waals surface area contributed by atoms with Gasteiger partial charge in [-0.15, -0.1) is 0 Å². The van der Waals surface area contributed by atoms with E-state index in [0.29, 0.717) is 23.7 Å². The van der Waals surface area contributed by atoms with Crippen LogP contribution in [0.1, 0.15) is 20.3 Å². The van der Waals surface area contributed by atoms with E-state index in [1.165, 1.54) is 0 Å². The van der Waals surface area contributed by atoms with E-state index in [1.54, 1.807) is 29.2 Å². The molecule has 0 spiro atoms. The van der Waals surface area contributed by atoms with Crippen molar-refractivity contribution in [3.8, 4) is 6.07 Å². The number of nitriles is 1. The molecule has 0 radical (unpaired) electrons. The number of hydrogen-bond acceptors (Lipinski definition) is 2. The molecule has 0 saturated heterocycles. The fourth-order valence-corrected chi connectivity index (χ4v) is 1.62. The maximum Gasteiger partial charge on any atom is 0.322 e. The fourth-order valence-electron chi connectivity index (χ4n) is 1.49. The number of carbonyl (C=O) groups is 1. The Bertz CT molecular complexity index is 437. The maximum atomic E-state index is 12.0. The molecule has 0 bridgehead atoms. The fraction of sp³-hybridized carbons (Fsp3) is 0.385. The van der Waals surface area contributed by atoms with Crippen LogP contribution in [0.5, 0.6) is 0 Å². The largest absolute Gasteiger partial charge is 0.322 e. The van der Waals surface area contributed by atoms with Crippen LogP contribution in [-0.4, -0.2) is 23.5 Å². The number of carbonyl (C=O) groups excluding carboxylic acids is 1. The number of anilines is 1. The average molecular weight is 266 g/mol. The summed E-state index contributed by atoms with van der Waals surface area (Å²) in [4.78, 5) is 13.6. The van der Waals surface area contributed by atoms with E-state index in [-0.39, 0.29) is 12.1 Å². The Balaban J connectivity index is 2.67. The number of nitrogens with zero attached hydrogens (tertiary/aromatic N) is 2. The Hall–Kier alpha value is -1.73. The monoisotopic (exact) mass is 265 g/mol. The van der Waals surface area contributed by atoms with E-state index in [4.69, 9.17) is 16.9 Å². The van der Waals surface area contributed by atoms with Crippen LogP contribution in [0.15, 0.2) is 24.3 Å². The van der Waals surface area contributed by atoms with Crippen LogP contribution in [0.25, 0.3) is 0 Å². The molecule has 96 valence electrons. The van der Waals surface area contributed by atoms with Crippen molar-refractivity contribution < 1.29 is 4.79 Å². The summed E-state index contributed by atoms with van der Waals surface area (Å²) in [7, 11) is 0. The maximum absolute atomic E-state index is 12.0. The number of rotatable bonds is 4. The van der Waals surface area contributed by atoms with Gasteiger partial charge in [0.25, 0.3) is 0 Å². The molecule has 0 atom stereocenters. The van der Waals surface area contributed by atoms with Crippen molar-refractivity contribution in [2.75, 3.05) is 11.9 Å². The second-order valence-electron chi connectivity index (χ2n) is 4.13. The molecule has 5 heteroatoms. The zero-order chi connectivity index (χ0) is 13.5. The van der Waals surface area contributed by atoms with Crippen LogP contribution in [0, 0.1) is 11.3 Å². The first-order valence-electron chi connectivity index (χ1n) is 5.74. The second kappa shape index (κ2) is 6.87. The molecule has 1 aromatic rings. The van der Waals surface area contributed by atoms with Crippen molar-refractivity contribution in [1.82, 2.24) is 4.90 Å². The zero-order valence-corrected chi connectivity index (χ0v) is 11.2. The van der Waals surface area contributed by atoms with Gasteiger partial charge in [-0.3, -0.25) is 0 Å². The molecule has 1 N–H and O–H groups in total. The smallest absolute Gasteiger partial charge is 0.321 e. The summed E-state index contributed by atoms with van der Waals surface area (Å²) in [5.41, 5.74) is 0.687. The van der Waals surface area contributed by atoms with E-state index < -0.39 is 0 Å². The lowest BCUT2D eigenvalue weighted by Gasteiger charge is -2.26. The lowest BCUT2D eigenvalue weighted by atomic mass is 10.3. The van der Waals surface area contributed by atoms with Crippen molar-refractivity contribution in [2.24, 2.45) is 0 Å². The molecule has 0 fully saturated rings. The standard InChI is InChI=1S/C13H16ClN3O/c1-10(2)17(9-3-8-15)13(18)16-12-6-4-11(14)5-7-12/h4-7,10H,3,9H2,1-2H3,(H,16,18). The Morgan fingerprint density at radius 2 is 2.06 bits per heavy atom. The molecule has 0 heterocycles. The molecule has 0 saturated carbocycles. The van der Waals surface area contributed by atoms with E-state index in [9.17, 15) is 4.79 Å². The first kappa shape index (κ1) is 14.3. The van der Waals surface area contributed by atoms with Crippen LogP contribution in [0.4, 0.5) is 10.5 Å². The topological polar surface area (TPSA) is 56.1 Å². The van der Waals surface area contributed by atoms with Gasteiger partial charge in [0, 0.05) is 23.3 Å². The van der Waals surface area contributed by atoms with Crippen molar-refractivity contribution >= 4 is 23.3 Å². The predicted octanol–water partition coefficient (Wildman–Crippen LogP) is 3.50. The van der Waals surface area contributed by atoms with E-state index in [1.807, 2.05) is 19.9 Å². The van der Waals surface area contributed by atoms with Gasteiger partial charge in [0.15, 0.2) is 0 Å². The Kier molecular flexibility index (Phi) is 5.47. The molecule has 0 aliphatic heterocycles. The molecular weight excluding hydrogens is 250 g/mol. The molecule has 2 amide bonds. The van der Waals surface area contributed by atoms with Crippen LogP contribution in [-0.2, 0) is 0 Å². The molecule has 4 nitrogen and oxygen atoms in total. The molecule has 0 aliphatic carbocycles. The van der Waals surface area contributed by atoms with Crippen LogP contribution < -0.4 is 5.32 Å². The zero-order valence-electron chi connectivity index (χ0n) is 10.5. The van der Waals surface area contributed by atoms with Crippen molar-refractivity contribution in [2.45, 2.75) is 26.3 Å². The lowest BCUT2D eigenvalue weighted by Crippen LogP contribution is -2.40. The summed E-state index contributed by atoms with van der Waals surface area (Å²) < 4.78 is 0. The van der Waals surface area contributed by atoms with Gasteiger partial charge in [-0.05, 0) is 38.1 Å². The highest BCUT2D eigenvalue weighted by Crippen LogP contribution is 2.14. The summed E-state index contributed by atoms with van der Waals surface area (Å²) in [6, 6.07) is 8.79. The Morgan fingerprint density at radius 3 is 2.56 bits per heavy atom. The van der Waals surface area contributed by atoms with Crippen LogP contribution >= 0.6 is 11.6 Å². The van der Waals surface area contributed by atoms with Gasteiger partial charge in [0.2, 0.25) is 0 Å². The summed E-state index contributed by atoms with van der Waals surface area (Å²) in [5.74, 6) is 0. The van der Waals surface area contributed by atoms with Gasteiger partial charge < -0.3 is 10.2 Å².